The zero-order chi connectivity index (χ0) is 14.8. The van der Waals surface area contributed by atoms with Gasteiger partial charge in [-0.25, -0.2) is 4.79 Å². The van der Waals surface area contributed by atoms with Crippen LogP contribution in [-0.2, 0) is 6.42 Å². The maximum atomic E-state index is 10.9. The van der Waals surface area contributed by atoms with Crippen LogP contribution in [0.1, 0.15) is 41.6 Å². The minimum atomic E-state index is -1.10. The summed E-state index contributed by atoms with van der Waals surface area (Å²) in [6.45, 7) is 2.54. The number of nitrogens with one attached hydrogen (secondary N) is 1. The first-order valence-electron chi connectivity index (χ1n) is 7.11. The largest absolute Gasteiger partial charge is 0.507 e. The Hall–Kier alpha value is -1.59. The van der Waals surface area contributed by atoms with Gasteiger partial charge in [-0.15, -0.1) is 0 Å². The molecule has 0 atom stereocenters. The van der Waals surface area contributed by atoms with Crippen LogP contribution in [0, 0.1) is 0 Å². The molecule has 1 aromatic rings. The number of carboxylic acids is 1. The number of phenols is 1. The molecule has 0 heterocycles. The number of carboxylic acid groups (broad SMARTS) is 1. The van der Waals surface area contributed by atoms with Crippen molar-refractivity contribution in [2.75, 3.05) is 19.6 Å². The van der Waals surface area contributed by atoms with Gasteiger partial charge in [-0.3, -0.25) is 0 Å². The molecule has 0 unspecified atom stereocenters. The predicted molar refractivity (Wildman–Crippen MR) is 79.2 cm³/mol. The molecule has 0 aliphatic heterocycles. The first-order chi connectivity index (χ1) is 9.65. The fourth-order valence-electron chi connectivity index (χ4n) is 2.02. The van der Waals surface area contributed by atoms with Gasteiger partial charge in [0.1, 0.15) is 11.3 Å². The van der Waals surface area contributed by atoms with Crippen molar-refractivity contribution in [3.8, 4) is 5.75 Å². The van der Waals surface area contributed by atoms with Crippen LogP contribution in [0.4, 0.5) is 0 Å². The molecule has 0 aliphatic rings. The Labute approximate surface area is 119 Å². The Morgan fingerprint density at radius 1 is 1.15 bits per heavy atom. The summed E-state index contributed by atoms with van der Waals surface area (Å²) in [5, 5.41) is 21.7. The zero-order valence-electron chi connectivity index (χ0n) is 11.8. The molecule has 5 N–H and O–H groups in total. The van der Waals surface area contributed by atoms with E-state index in [1.807, 2.05) is 0 Å². The first kappa shape index (κ1) is 16.5. The van der Waals surface area contributed by atoms with Gasteiger partial charge < -0.3 is 21.3 Å². The summed E-state index contributed by atoms with van der Waals surface area (Å²) in [5.74, 6) is -1.29. The lowest BCUT2D eigenvalue weighted by Crippen LogP contribution is -2.18. The lowest BCUT2D eigenvalue weighted by molar-refractivity contribution is 0.0693. The molecule has 0 radical (unpaired) electrons. The van der Waals surface area contributed by atoms with Crippen molar-refractivity contribution in [1.29, 1.82) is 0 Å². The molecule has 0 amide bonds. The van der Waals surface area contributed by atoms with Crippen molar-refractivity contribution >= 4 is 5.97 Å². The summed E-state index contributed by atoms with van der Waals surface area (Å²) >= 11 is 0. The number of aromatic hydroxyl groups is 1. The van der Waals surface area contributed by atoms with E-state index >= 15 is 0 Å². The lowest BCUT2D eigenvalue weighted by atomic mass is 10.1. The van der Waals surface area contributed by atoms with Crippen LogP contribution in [0.5, 0.6) is 5.75 Å². The predicted octanol–water partition coefficient (Wildman–Crippen LogP) is 1.74. The minimum Gasteiger partial charge on any atom is -0.507 e. The van der Waals surface area contributed by atoms with Crippen molar-refractivity contribution in [3.05, 3.63) is 29.3 Å². The van der Waals surface area contributed by atoms with E-state index in [9.17, 15) is 9.90 Å². The molecule has 0 aliphatic carbocycles. The normalized spacial score (nSPS) is 10.7. The molecule has 0 saturated heterocycles. The summed E-state index contributed by atoms with van der Waals surface area (Å²) in [7, 11) is 0. The summed E-state index contributed by atoms with van der Waals surface area (Å²) < 4.78 is 0. The Morgan fingerprint density at radius 2 is 1.90 bits per heavy atom. The van der Waals surface area contributed by atoms with E-state index in [0.717, 1.165) is 44.5 Å². The molecule has 0 bridgehead atoms. The van der Waals surface area contributed by atoms with Crippen LogP contribution in [0.25, 0.3) is 0 Å². The van der Waals surface area contributed by atoms with E-state index in [1.54, 1.807) is 6.07 Å². The molecule has 1 aromatic carbocycles. The number of rotatable bonds is 10. The second-order valence-corrected chi connectivity index (χ2v) is 4.86. The molecule has 1 rings (SSSR count). The third-order valence-corrected chi connectivity index (χ3v) is 3.19. The standard InChI is InChI=1S/C15H24N2O3/c16-8-3-1-2-4-9-17-10-7-12-5-6-14(18)13(11-12)15(19)20/h5-6,11,17-18H,1-4,7-10,16H2,(H,19,20). The number of carbonyl (C=O) groups is 1. The molecular formula is C15H24N2O3. The van der Waals surface area contributed by atoms with Gasteiger partial charge in [0, 0.05) is 0 Å². The second-order valence-electron chi connectivity index (χ2n) is 4.86. The second kappa shape index (κ2) is 9.34. The van der Waals surface area contributed by atoms with Crippen molar-refractivity contribution in [3.63, 3.8) is 0 Å². The highest BCUT2D eigenvalue weighted by molar-refractivity contribution is 5.90. The summed E-state index contributed by atoms with van der Waals surface area (Å²) in [6.07, 6.45) is 5.34. The fraction of sp³-hybridized carbons (Fsp3) is 0.533. The quantitative estimate of drug-likeness (QED) is 0.490. The maximum Gasteiger partial charge on any atom is 0.339 e. The average Bonchev–Trinajstić information content (AvgIpc) is 2.43. The van der Waals surface area contributed by atoms with Crippen molar-refractivity contribution in [2.24, 2.45) is 5.73 Å². The van der Waals surface area contributed by atoms with Crippen molar-refractivity contribution in [1.82, 2.24) is 5.32 Å². The number of nitrogens with two attached hydrogens (primary N) is 1. The van der Waals surface area contributed by atoms with Gasteiger partial charge in [0.05, 0.1) is 0 Å². The van der Waals surface area contributed by atoms with Gasteiger partial charge >= 0.3 is 5.97 Å². The van der Waals surface area contributed by atoms with E-state index in [2.05, 4.69) is 5.32 Å². The third-order valence-electron chi connectivity index (χ3n) is 3.19. The Bertz CT molecular complexity index is 422. The molecule has 5 heteroatoms. The SMILES string of the molecule is NCCCCCCNCCc1ccc(O)c(C(=O)O)c1. The summed E-state index contributed by atoms with van der Waals surface area (Å²) in [4.78, 5) is 10.9. The summed E-state index contributed by atoms with van der Waals surface area (Å²) in [5.41, 5.74) is 6.30. The molecule has 0 aromatic heterocycles. The van der Waals surface area contributed by atoms with Crippen LogP contribution in [-0.4, -0.2) is 35.8 Å². The zero-order valence-corrected chi connectivity index (χ0v) is 11.8. The smallest absolute Gasteiger partial charge is 0.339 e. The van der Waals surface area contributed by atoms with Gasteiger partial charge in [0.15, 0.2) is 0 Å². The van der Waals surface area contributed by atoms with Gasteiger partial charge in [0.2, 0.25) is 0 Å². The molecule has 5 nitrogen and oxygen atoms in total. The van der Waals surface area contributed by atoms with E-state index < -0.39 is 5.97 Å². The van der Waals surface area contributed by atoms with E-state index in [-0.39, 0.29) is 11.3 Å². The highest BCUT2D eigenvalue weighted by atomic mass is 16.4. The van der Waals surface area contributed by atoms with Crippen molar-refractivity contribution in [2.45, 2.75) is 32.1 Å². The molecule has 0 saturated carbocycles. The van der Waals surface area contributed by atoms with Gasteiger partial charge in [0.25, 0.3) is 0 Å². The van der Waals surface area contributed by atoms with Crippen LogP contribution >= 0.6 is 0 Å². The highest BCUT2D eigenvalue weighted by Gasteiger charge is 2.09. The molecule has 20 heavy (non-hydrogen) atoms. The highest BCUT2D eigenvalue weighted by Crippen LogP contribution is 2.18. The van der Waals surface area contributed by atoms with Gasteiger partial charge in [-0.1, -0.05) is 18.9 Å². The number of hydrogen-bond donors (Lipinski definition) is 4. The topological polar surface area (TPSA) is 95.6 Å². The number of benzene rings is 1. The monoisotopic (exact) mass is 280 g/mol. The van der Waals surface area contributed by atoms with Gasteiger partial charge in [-0.2, -0.15) is 0 Å². The summed E-state index contributed by atoms with van der Waals surface area (Å²) in [6, 6.07) is 4.72. The molecule has 112 valence electrons. The molecular weight excluding hydrogens is 256 g/mol. The van der Waals surface area contributed by atoms with Crippen LogP contribution < -0.4 is 11.1 Å². The molecule has 0 spiro atoms. The fourth-order valence-corrected chi connectivity index (χ4v) is 2.02. The number of unbranched alkanes of at least 4 members (excludes halogenated alkanes) is 3. The van der Waals surface area contributed by atoms with E-state index in [0.29, 0.717) is 0 Å². The first-order valence-corrected chi connectivity index (χ1v) is 7.11. The maximum absolute atomic E-state index is 10.9. The number of aromatic carboxylic acids is 1. The molecule has 0 fully saturated rings. The Kier molecular flexibility index (Phi) is 7.69. The third kappa shape index (κ3) is 6.04. The van der Waals surface area contributed by atoms with E-state index in [4.69, 9.17) is 10.8 Å². The van der Waals surface area contributed by atoms with Crippen molar-refractivity contribution < 1.29 is 15.0 Å². The van der Waals surface area contributed by atoms with E-state index in [1.165, 1.54) is 25.0 Å². The lowest BCUT2D eigenvalue weighted by Gasteiger charge is -2.06. The van der Waals surface area contributed by atoms with Gasteiger partial charge in [-0.05, 0) is 56.6 Å². The Morgan fingerprint density at radius 3 is 2.60 bits per heavy atom. The average molecular weight is 280 g/mol. The van der Waals surface area contributed by atoms with Crippen LogP contribution in [0.3, 0.4) is 0 Å². The van der Waals surface area contributed by atoms with Crippen LogP contribution in [0.15, 0.2) is 18.2 Å². The minimum absolute atomic E-state index is 0.0377. The van der Waals surface area contributed by atoms with Crippen LogP contribution in [0.2, 0.25) is 0 Å². The number of hydrogen-bond acceptors (Lipinski definition) is 4. The Balaban J connectivity index is 2.22.